The molecule has 0 spiro atoms. The van der Waals surface area contributed by atoms with Crippen molar-refractivity contribution < 1.29 is 14.6 Å². The molecule has 2 aromatic heterocycles. The molecule has 2 N–H and O–H groups in total. The minimum atomic E-state index is -0.679. The summed E-state index contributed by atoms with van der Waals surface area (Å²) in [6.07, 6.45) is 1.57. The van der Waals surface area contributed by atoms with Crippen molar-refractivity contribution in [3.8, 4) is 11.6 Å². The smallest absolute Gasteiger partial charge is 0.274 e. The molecule has 1 aromatic carbocycles. The highest BCUT2D eigenvalue weighted by atomic mass is 16.5. The van der Waals surface area contributed by atoms with Crippen LogP contribution in [0.2, 0.25) is 0 Å². The van der Waals surface area contributed by atoms with E-state index in [2.05, 4.69) is 10.3 Å². The molecule has 0 fully saturated rings. The summed E-state index contributed by atoms with van der Waals surface area (Å²) in [7, 11) is 1.57. The summed E-state index contributed by atoms with van der Waals surface area (Å²) >= 11 is 0. The lowest BCUT2D eigenvalue weighted by Crippen LogP contribution is -2.31. The molecule has 128 valence electrons. The Hall–Kier alpha value is -3.35. The van der Waals surface area contributed by atoms with Crippen LogP contribution in [0.3, 0.4) is 0 Å². The lowest BCUT2D eigenvalue weighted by Gasteiger charge is -2.09. The predicted octanol–water partition coefficient (Wildman–Crippen LogP) is 1.65. The lowest BCUT2D eigenvalue weighted by molar-refractivity contribution is 0.0945. The number of benzene rings is 1. The van der Waals surface area contributed by atoms with E-state index < -0.39 is 17.3 Å². The Balaban J connectivity index is 1.87. The molecule has 3 rings (SSSR count). The molecule has 25 heavy (non-hydrogen) atoms. The first-order chi connectivity index (χ1) is 12.0. The molecule has 1 amide bonds. The van der Waals surface area contributed by atoms with E-state index in [-0.39, 0.29) is 17.8 Å². The van der Waals surface area contributed by atoms with Gasteiger partial charge in [-0.25, -0.2) is 0 Å². The molecule has 2 heterocycles. The predicted molar refractivity (Wildman–Crippen MR) is 92.0 cm³/mol. The second-order valence-electron chi connectivity index (χ2n) is 5.58. The molecule has 3 aromatic rings. The number of nitrogens with one attached hydrogen (secondary N) is 1. The molecule has 0 saturated heterocycles. The summed E-state index contributed by atoms with van der Waals surface area (Å²) < 4.78 is 6.32. The number of pyridine rings is 1. The van der Waals surface area contributed by atoms with Crippen molar-refractivity contribution in [2.45, 2.75) is 13.5 Å². The Bertz CT molecular complexity index is 994. The van der Waals surface area contributed by atoms with Crippen LogP contribution in [0.5, 0.6) is 11.6 Å². The van der Waals surface area contributed by atoms with Crippen LogP contribution in [0.25, 0.3) is 5.65 Å². The molecule has 0 radical (unpaired) electrons. The van der Waals surface area contributed by atoms with E-state index in [0.717, 1.165) is 11.1 Å². The van der Waals surface area contributed by atoms with Crippen LogP contribution < -0.4 is 15.6 Å². The Kier molecular flexibility index (Phi) is 4.38. The van der Waals surface area contributed by atoms with E-state index in [1.54, 1.807) is 49.7 Å². The number of aromatic hydroxyl groups is 1. The van der Waals surface area contributed by atoms with Gasteiger partial charge in [0.05, 0.1) is 7.11 Å². The number of hydrogen-bond donors (Lipinski definition) is 2. The zero-order valence-corrected chi connectivity index (χ0v) is 13.8. The van der Waals surface area contributed by atoms with E-state index in [4.69, 9.17) is 4.74 Å². The number of fused-ring (bicyclic) bond motifs is 1. The van der Waals surface area contributed by atoms with Crippen molar-refractivity contribution >= 4 is 11.6 Å². The second kappa shape index (κ2) is 6.64. The van der Waals surface area contributed by atoms with Gasteiger partial charge < -0.3 is 15.2 Å². The molecule has 0 aliphatic rings. The number of ether oxygens (including phenoxy) is 1. The maximum atomic E-state index is 12.5. The number of aromatic nitrogens is 2. The van der Waals surface area contributed by atoms with Crippen LogP contribution in [0, 0.1) is 6.92 Å². The van der Waals surface area contributed by atoms with Crippen LogP contribution >= 0.6 is 0 Å². The highest BCUT2D eigenvalue weighted by molar-refractivity contribution is 5.96. The van der Waals surface area contributed by atoms with Gasteiger partial charge in [0.1, 0.15) is 11.4 Å². The molecule has 0 aliphatic carbocycles. The average molecular weight is 339 g/mol. The largest absolute Gasteiger partial charge is 0.497 e. The third-order valence-electron chi connectivity index (χ3n) is 3.79. The third-order valence-corrected chi connectivity index (χ3v) is 3.79. The van der Waals surface area contributed by atoms with E-state index in [1.807, 2.05) is 6.92 Å². The number of hydrogen-bond acceptors (Lipinski definition) is 5. The van der Waals surface area contributed by atoms with Gasteiger partial charge in [0.15, 0.2) is 5.56 Å². The fraction of sp³-hybridized carbons (Fsp3) is 0.167. The van der Waals surface area contributed by atoms with Gasteiger partial charge in [-0.3, -0.25) is 14.0 Å². The van der Waals surface area contributed by atoms with Crippen LogP contribution in [0.4, 0.5) is 0 Å². The minimum absolute atomic E-state index is 0.207. The zero-order valence-electron chi connectivity index (χ0n) is 13.8. The summed E-state index contributed by atoms with van der Waals surface area (Å²) in [6.45, 7) is 2.03. The Morgan fingerprint density at radius 3 is 2.64 bits per heavy atom. The SMILES string of the molecule is COc1ccc(CNC(=O)c2c(O)nc3ccc(C)cn3c2=O)cc1. The summed E-state index contributed by atoms with van der Waals surface area (Å²) in [6, 6.07) is 10.5. The minimum Gasteiger partial charge on any atom is -0.497 e. The van der Waals surface area contributed by atoms with Gasteiger partial charge in [0.2, 0.25) is 5.88 Å². The number of amides is 1. The number of rotatable bonds is 4. The lowest BCUT2D eigenvalue weighted by atomic mass is 10.2. The Labute approximate surface area is 143 Å². The van der Waals surface area contributed by atoms with Crippen molar-refractivity contribution in [1.82, 2.24) is 14.7 Å². The van der Waals surface area contributed by atoms with Crippen LogP contribution in [0.1, 0.15) is 21.5 Å². The number of aryl methyl sites for hydroxylation is 1. The zero-order chi connectivity index (χ0) is 18.0. The number of methoxy groups -OCH3 is 1. The van der Waals surface area contributed by atoms with Gasteiger partial charge in [0, 0.05) is 12.7 Å². The van der Waals surface area contributed by atoms with Gasteiger partial charge in [-0.15, -0.1) is 0 Å². The molecule has 0 saturated carbocycles. The quantitative estimate of drug-likeness (QED) is 0.754. The van der Waals surface area contributed by atoms with Gasteiger partial charge in [-0.1, -0.05) is 18.2 Å². The normalized spacial score (nSPS) is 10.6. The molecule has 7 heteroatoms. The highest BCUT2D eigenvalue weighted by Crippen LogP contribution is 2.13. The molecule has 0 aliphatic heterocycles. The molecule has 0 bridgehead atoms. The van der Waals surface area contributed by atoms with Crippen LogP contribution in [-0.2, 0) is 6.54 Å². The molecule has 0 atom stereocenters. The van der Waals surface area contributed by atoms with Crippen molar-refractivity contribution in [2.24, 2.45) is 0 Å². The first-order valence-corrected chi connectivity index (χ1v) is 7.62. The molecule has 7 nitrogen and oxygen atoms in total. The standard InChI is InChI=1S/C18H17N3O4/c1-11-3-8-14-20-17(23)15(18(24)21(14)10-11)16(22)19-9-12-4-6-13(25-2)7-5-12/h3-8,10,23H,9H2,1-2H3,(H,19,22). The van der Waals surface area contributed by atoms with E-state index >= 15 is 0 Å². The van der Waals surface area contributed by atoms with Crippen LogP contribution in [-0.4, -0.2) is 27.5 Å². The summed E-state index contributed by atoms with van der Waals surface area (Å²) in [5, 5.41) is 12.6. The van der Waals surface area contributed by atoms with E-state index in [9.17, 15) is 14.7 Å². The fourth-order valence-corrected chi connectivity index (χ4v) is 2.45. The summed E-state index contributed by atoms with van der Waals surface area (Å²) in [4.78, 5) is 28.8. The Morgan fingerprint density at radius 1 is 1.24 bits per heavy atom. The maximum absolute atomic E-state index is 12.5. The fourth-order valence-electron chi connectivity index (χ4n) is 2.45. The molecular weight excluding hydrogens is 322 g/mol. The average Bonchev–Trinajstić information content (AvgIpc) is 2.61. The summed E-state index contributed by atoms with van der Waals surface area (Å²) in [5.74, 6) is -0.553. The van der Waals surface area contributed by atoms with Gasteiger partial charge in [-0.05, 0) is 36.2 Å². The highest BCUT2D eigenvalue weighted by Gasteiger charge is 2.19. The van der Waals surface area contributed by atoms with Crippen molar-refractivity contribution in [3.63, 3.8) is 0 Å². The van der Waals surface area contributed by atoms with Gasteiger partial charge in [-0.2, -0.15) is 4.98 Å². The third kappa shape index (κ3) is 3.30. The number of carbonyl (C=O) groups is 1. The van der Waals surface area contributed by atoms with E-state index in [0.29, 0.717) is 5.75 Å². The number of nitrogens with zero attached hydrogens (tertiary/aromatic N) is 2. The van der Waals surface area contributed by atoms with Crippen molar-refractivity contribution in [1.29, 1.82) is 0 Å². The van der Waals surface area contributed by atoms with Crippen molar-refractivity contribution in [2.75, 3.05) is 7.11 Å². The van der Waals surface area contributed by atoms with Gasteiger partial charge >= 0.3 is 0 Å². The van der Waals surface area contributed by atoms with Gasteiger partial charge in [0.25, 0.3) is 11.5 Å². The van der Waals surface area contributed by atoms with Crippen LogP contribution in [0.15, 0.2) is 47.4 Å². The second-order valence-corrected chi connectivity index (χ2v) is 5.58. The maximum Gasteiger partial charge on any atom is 0.274 e. The molecular formula is C18H17N3O4. The Morgan fingerprint density at radius 2 is 1.96 bits per heavy atom. The van der Waals surface area contributed by atoms with E-state index in [1.165, 1.54) is 4.40 Å². The first kappa shape index (κ1) is 16.5. The molecule has 0 unspecified atom stereocenters. The number of carbonyl (C=O) groups excluding carboxylic acids is 1. The van der Waals surface area contributed by atoms with Crippen molar-refractivity contribution in [3.05, 3.63) is 69.6 Å². The topological polar surface area (TPSA) is 92.9 Å². The monoisotopic (exact) mass is 339 g/mol. The first-order valence-electron chi connectivity index (χ1n) is 7.62. The summed E-state index contributed by atoms with van der Waals surface area (Å²) in [5.41, 5.74) is 0.958.